The minimum Gasteiger partial charge on any atom is -0.436 e. The van der Waals surface area contributed by atoms with Crippen LogP contribution in [0.4, 0.5) is 4.39 Å². The zero-order valence-electron chi connectivity index (χ0n) is 11.5. The number of aryl methyl sites for hydroxylation is 2. The van der Waals surface area contributed by atoms with Gasteiger partial charge in [0.1, 0.15) is 0 Å². The van der Waals surface area contributed by atoms with Gasteiger partial charge in [0, 0.05) is 17.8 Å². The molecule has 0 fully saturated rings. The van der Waals surface area contributed by atoms with E-state index in [1.165, 1.54) is 24.1 Å². The van der Waals surface area contributed by atoms with Crippen LogP contribution in [0.1, 0.15) is 29.7 Å². The molecule has 0 bridgehead atoms. The molecule has 1 aliphatic carbocycles. The highest BCUT2D eigenvalue weighted by molar-refractivity contribution is 6.30. The molecule has 1 aromatic carbocycles. The fourth-order valence-electron chi connectivity index (χ4n) is 2.56. The van der Waals surface area contributed by atoms with E-state index in [1.54, 1.807) is 6.07 Å². The van der Waals surface area contributed by atoms with Gasteiger partial charge < -0.3 is 10.5 Å². The van der Waals surface area contributed by atoms with Gasteiger partial charge in [-0.05, 0) is 49.4 Å². The van der Waals surface area contributed by atoms with E-state index >= 15 is 0 Å². The summed E-state index contributed by atoms with van der Waals surface area (Å²) in [5.41, 5.74) is 8.80. The lowest BCUT2D eigenvalue weighted by molar-refractivity contribution is 0.419. The fourth-order valence-corrected chi connectivity index (χ4v) is 2.73. The van der Waals surface area contributed by atoms with Crippen LogP contribution < -0.4 is 10.5 Å². The summed E-state index contributed by atoms with van der Waals surface area (Å²) in [7, 11) is 0. The Labute approximate surface area is 127 Å². The van der Waals surface area contributed by atoms with Gasteiger partial charge in [-0.2, -0.15) is 0 Å². The van der Waals surface area contributed by atoms with Crippen LogP contribution in [0.2, 0.25) is 5.02 Å². The second-order valence-electron chi connectivity index (χ2n) is 5.12. The summed E-state index contributed by atoms with van der Waals surface area (Å²) in [5, 5.41) is 0.0276. The van der Waals surface area contributed by atoms with Crippen molar-refractivity contribution < 1.29 is 9.13 Å². The Morgan fingerprint density at radius 3 is 2.90 bits per heavy atom. The monoisotopic (exact) mass is 306 g/mol. The van der Waals surface area contributed by atoms with Gasteiger partial charge in [-0.15, -0.1) is 0 Å². The molecule has 0 unspecified atom stereocenters. The van der Waals surface area contributed by atoms with Crippen LogP contribution in [-0.2, 0) is 19.4 Å². The number of halogens is 2. The molecule has 0 atom stereocenters. The van der Waals surface area contributed by atoms with Crippen LogP contribution >= 0.6 is 11.6 Å². The third-order valence-corrected chi connectivity index (χ3v) is 3.97. The van der Waals surface area contributed by atoms with Crippen LogP contribution in [0.25, 0.3) is 0 Å². The van der Waals surface area contributed by atoms with Crippen molar-refractivity contribution in [2.24, 2.45) is 5.73 Å². The van der Waals surface area contributed by atoms with E-state index in [9.17, 15) is 4.39 Å². The zero-order chi connectivity index (χ0) is 14.8. The zero-order valence-corrected chi connectivity index (χ0v) is 12.3. The number of pyridine rings is 1. The van der Waals surface area contributed by atoms with Gasteiger partial charge in [-0.25, -0.2) is 9.37 Å². The Hall–Kier alpha value is -1.65. The molecule has 3 nitrogen and oxygen atoms in total. The number of benzene rings is 1. The van der Waals surface area contributed by atoms with Crippen LogP contribution in [-0.4, -0.2) is 4.98 Å². The highest BCUT2D eigenvalue weighted by atomic mass is 35.5. The molecular formula is C16H16ClFN2O. The molecule has 1 aromatic heterocycles. The molecule has 5 heteroatoms. The van der Waals surface area contributed by atoms with E-state index in [0.717, 1.165) is 30.5 Å². The van der Waals surface area contributed by atoms with Crippen LogP contribution in [0.15, 0.2) is 24.3 Å². The lowest BCUT2D eigenvalue weighted by Gasteiger charge is -2.18. The number of hydrogen-bond donors (Lipinski definition) is 1. The number of nitrogens with two attached hydrogens (primary N) is 1. The molecule has 1 heterocycles. The Kier molecular flexibility index (Phi) is 4.08. The minimum atomic E-state index is -0.582. The lowest BCUT2D eigenvalue weighted by Crippen LogP contribution is -2.10. The third kappa shape index (κ3) is 2.87. The van der Waals surface area contributed by atoms with E-state index in [-0.39, 0.29) is 10.8 Å². The quantitative estimate of drug-likeness (QED) is 0.932. The van der Waals surface area contributed by atoms with Gasteiger partial charge in [0.25, 0.3) is 0 Å². The molecule has 110 valence electrons. The Bertz CT molecular complexity index is 676. The Morgan fingerprint density at radius 1 is 1.29 bits per heavy atom. The molecule has 2 N–H and O–H groups in total. The Morgan fingerprint density at radius 2 is 2.10 bits per heavy atom. The first-order chi connectivity index (χ1) is 10.2. The first-order valence-corrected chi connectivity index (χ1v) is 7.40. The van der Waals surface area contributed by atoms with Crippen molar-refractivity contribution in [2.45, 2.75) is 32.2 Å². The highest BCUT2D eigenvalue weighted by Gasteiger charge is 2.17. The fraction of sp³-hybridized carbons (Fsp3) is 0.312. The van der Waals surface area contributed by atoms with Crippen molar-refractivity contribution in [2.75, 3.05) is 0 Å². The number of fused-ring (bicyclic) bond motifs is 1. The molecule has 0 spiro atoms. The molecule has 0 aliphatic heterocycles. The van der Waals surface area contributed by atoms with Crippen molar-refractivity contribution in [1.82, 2.24) is 4.98 Å². The second-order valence-corrected chi connectivity index (χ2v) is 5.53. The third-order valence-electron chi connectivity index (χ3n) is 3.68. The summed E-state index contributed by atoms with van der Waals surface area (Å²) in [5.74, 6) is -0.138. The second kappa shape index (κ2) is 6.00. The van der Waals surface area contributed by atoms with Gasteiger partial charge in [0.05, 0.1) is 5.02 Å². The van der Waals surface area contributed by atoms with Crippen LogP contribution in [0, 0.1) is 5.82 Å². The Balaban J connectivity index is 1.99. The van der Waals surface area contributed by atoms with E-state index < -0.39 is 5.82 Å². The summed E-state index contributed by atoms with van der Waals surface area (Å²) in [6.45, 7) is 0.303. The minimum absolute atomic E-state index is 0.0276. The molecule has 0 radical (unpaired) electrons. The highest BCUT2D eigenvalue weighted by Crippen LogP contribution is 2.32. The van der Waals surface area contributed by atoms with E-state index in [1.807, 2.05) is 6.07 Å². The summed E-state index contributed by atoms with van der Waals surface area (Å²) >= 11 is 5.77. The number of ether oxygens (including phenoxy) is 1. The van der Waals surface area contributed by atoms with Gasteiger partial charge >= 0.3 is 0 Å². The molecule has 0 amide bonds. The smallest absolute Gasteiger partial charge is 0.224 e. The van der Waals surface area contributed by atoms with E-state index in [4.69, 9.17) is 22.1 Å². The predicted molar refractivity (Wildman–Crippen MR) is 80.3 cm³/mol. The summed E-state index contributed by atoms with van der Waals surface area (Å²) < 4.78 is 19.6. The molecule has 21 heavy (non-hydrogen) atoms. The summed E-state index contributed by atoms with van der Waals surface area (Å²) in [4.78, 5) is 4.54. The normalized spacial score (nSPS) is 13.9. The van der Waals surface area contributed by atoms with Crippen molar-refractivity contribution >= 4 is 11.6 Å². The maximum atomic E-state index is 13.9. The largest absolute Gasteiger partial charge is 0.436 e. The summed E-state index contributed by atoms with van der Waals surface area (Å²) in [6, 6.07) is 6.68. The van der Waals surface area contributed by atoms with E-state index in [0.29, 0.717) is 12.4 Å². The van der Waals surface area contributed by atoms with Crippen molar-refractivity contribution in [3.8, 4) is 11.6 Å². The lowest BCUT2D eigenvalue weighted by atomic mass is 9.95. The average molecular weight is 307 g/mol. The maximum Gasteiger partial charge on any atom is 0.224 e. The first-order valence-electron chi connectivity index (χ1n) is 7.02. The predicted octanol–water partition coefficient (Wildman–Crippen LogP) is 4.00. The SMILES string of the molecule is NCc1cc2c(nc1Oc1cccc(Cl)c1F)CCCC2. The number of aromatic nitrogens is 1. The molecule has 0 saturated heterocycles. The number of rotatable bonds is 3. The van der Waals surface area contributed by atoms with Crippen LogP contribution in [0.5, 0.6) is 11.6 Å². The molecule has 2 aromatic rings. The van der Waals surface area contributed by atoms with Gasteiger partial charge in [-0.1, -0.05) is 17.7 Å². The molecule has 3 rings (SSSR count). The average Bonchev–Trinajstić information content (AvgIpc) is 2.51. The number of nitrogens with zero attached hydrogens (tertiary/aromatic N) is 1. The van der Waals surface area contributed by atoms with Crippen molar-refractivity contribution in [3.63, 3.8) is 0 Å². The van der Waals surface area contributed by atoms with Crippen LogP contribution in [0.3, 0.4) is 0 Å². The molecule has 1 aliphatic rings. The van der Waals surface area contributed by atoms with Gasteiger partial charge in [0.15, 0.2) is 11.6 Å². The van der Waals surface area contributed by atoms with Crippen molar-refractivity contribution in [1.29, 1.82) is 0 Å². The van der Waals surface area contributed by atoms with Crippen molar-refractivity contribution in [3.05, 3.63) is 51.9 Å². The molecular weight excluding hydrogens is 291 g/mol. The standard InChI is InChI=1S/C16H16ClFN2O/c17-12-5-3-7-14(15(12)18)21-16-11(9-19)8-10-4-1-2-6-13(10)20-16/h3,5,7-8H,1-2,4,6,9,19H2. The summed E-state index contributed by atoms with van der Waals surface area (Å²) in [6.07, 6.45) is 4.23. The van der Waals surface area contributed by atoms with Gasteiger partial charge in [0.2, 0.25) is 5.88 Å². The first kappa shape index (κ1) is 14.3. The molecule has 0 saturated carbocycles. The maximum absolute atomic E-state index is 13.9. The van der Waals surface area contributed by atoms with Gasteiger partial charge in [-0.3, -0.25) is 0 Å². The number of hydrogen-bond acceptors (Lipinski definition) is 3. The topological polar surface area (TPSA) is 48.1 Å². The van der Waals surface area contributed by atoms with E-state index in [2.05, 4.69) is 4.98 Å².